The highest BCUT2D eigenvalue weighted by molar-refractivity contribution is 14.1. The Morgan fingerprint density at radius 2 is 2.21 bits per heavy atom. The Kier molecular flexibility index (Phi) is 10.5. The predicted octanol–water partition coefficient (Wildman–Crippen LogP) is 5.71. The highest BCUT2D eigenvalue weighted by Gasteiger charge is 2.23. The van der Waals surface area contributed by atoms with Gasteiger partial charge in [0.1, 0.15) is 15.8 Å². The van der Waals surface area contributed by atoms with Crippen LogP contribution in [-0.4, -0.2) is 33.8 Å². The number of hydrogen-bond acceptors (Lipinski definition) is 3. The van der Waals surface area contributed by atoms with Crippen molar-refractivity contribution >= 4 is 73.7 Å². The number of carbonyl (C=O) groups is 1. The van der Waals surface area contributed by atoms with E-state index in [-0.39, 0.29) is 3.42 Å². The van der Waals surface area contributed by atoms with Gasteiger partial charge in [-0.05, 0) is 85.5 Å². The monoisotopic (exact) mass is 730 g/mol. The Hall–Kier alpha value is -0.580. The minimum absolute atomic E-state index is 0.144. The van der Waals surface area contributed by atoms with Gasteiger partial charge in [-0.15, -0.1) is 0 Å². The molecule has 0 heterocycles. The molecule has 1 aromatic rings. The molecule has 1 aliphatic rings. The SMILES string of the molecule is CCO[C@@H](Cc1ccc(OCC=CC#CC2(I)C=CC=C(I)C2)c(I)c1)C(=O)O. The third-order valence-corrected chi connectivity index (χ3v) is 6.54. The maximum atomic E-state index is 11.2. The summed E-state index contributed by atoms with van der Waals surface area (Å²) in [6, 6.07) is 5.67. The first-order chi connectivity index (χ1) is 13.8. The number of rotatable bonds is 8. The van der Waals surface area contributed by atoms with Crippen molar-refractivity contribution < 1.29 is 19.4 Å². The average molecular weight is 730 g/mol. The molecular formula is C22H21I3O4. The van der Waals surface area contributed by atoms with Crippen LogP contribution >= 0.6 is 67.8 Å². The third kappa shape index (κ3) is 8.59. The van der Waals surface area contributed by atoms with E-state index in [0.29, 0.717) is 19.6 Å². The second kappa shape index (κ2) is 12.3. The number of aliphatic carboxylic acids is 1. The van der Waals surface area contributed by atoms with Gasteiger partial charge in [0.25, 0.3) is 0 Å². The second-order valence-corrected chi connectivity index (χ2v) is 10.7. The second-order valence-electron chi connectivity index (χ2n) is 6.25. The predicted molar refractivity (Wildman–Crippen MR) is 141 cm³/mol. The quantitative estimate of drug-likeness (QED) is 0.212. The van der Waals surface area contributed by atoms with E-state index in [9.17, 15) is 9.90 Å². The summed E-state index contributed by atoms with van der Waals surface area (Å²) in [4.78, 5) is 11.2. The summed E-state index contributed by atoms with van der Waals surface area (Å²) in [7, 11) is 0. The van der Waals surface area contributed by atoms with Gasteiger partial charge in [-0.2, -0.15) is 0 Å². The first-order valence-electron chi connectivity index (χ1n) is 8.99. The van der Waals surface area contributed by atoms with Crippen LogP contribution in [0.1, 0.15) is 18.9 Å². The van der Waals surface area contributed by atoms with E-state index in [1.54, 1.807) is 6.92 Å². The van der Waals surface area contributed by atoms with E-state index >= 15 is 0 Å². The first-order valence-corrected chi connectivity index (χ1v) is 12.2. The lowest BCUT2D eigenvalue weighted by Gasteiger charge is -2.19. The molecule has 0 radical (unpaired) electrons. The summed E-state index contributed by atoms with van der Waals surface area (Å²) in [6.07, 6.45) is 10.4. The molecule has 29 heavy (non-hydrogen) atoms. The number of halogens is 3. The lowest BCUT2D eigenvalue weighted by Crippen LogP contribution is -2.26. The molecule has 0 bridgehead atoms. The zero-order valence-corrected chi connectivity index (χ0v) is 22.3. The molecular weight excluding hydrogens is 709 g/mol. The van der Waals surface area contributed by atoms with Gasteiger partial charge in [0.05, 0.1) is 3.57 Å². The average Bonchev–Trinajstić information content (AvgIpc) is 2.65. The van der Waals surface area contributed by atoms with E-state index in [2.05, 4.69) is 97.8 Å². The van der Waals surface area contributed by atoms with Gasteiger partial charge in [0.15, 0.2) is 6.10 Å². The largest absolute Gasteiger partial charge is 0.488 e. The molecule has 0 amide bonds. The Bertz CT molecular complexity index is 880. The molecule has 0 aliphatic heterocycles. The van der Waals surface area contributed by atoms with E-state index in [1.807, 2.05) is 30.4 Å². The lowest BCUT2D eigenvalue weighted by molar-refractivity contribution is -0.149. The van der Waals surface area contributed by atoms with Crippen molar-refractivity contribution in [3.63, 3.8) is 0 Å². The van der Waals surface area contributed by atoms with Gasteiger partial charge >= 0.3 is 5.97 Å². The van der Waals surface area contributed by atoms with Crippen LogP contribution in [0.2, 0.25) is 0 Å². The molecule has 0 spiro atoms. The summed E-state index contributed by atoms with van der Waals surface area (Å²) in [6.45, 7) is 2.58. The van der Waals surface area contributed by atoms with E-state index < -0.39 is 12.1 Å². The summed E-state index contributed by atoms with van der Waals surface area (Å²) in [5.74, 6) is 6.19. The molecule has 1 N–H and O–H groups in total. The maximum Gasteiger partial charge on any atom is 0.333 e. The zero-order chi connectivity index (χ0) is 21.3. The van der Waals surface area contributed by atoms with Crippen LogP contribution in [0.5, 0.6) is 5.75 Å². The molecule has 7 heteroatoms. The summed E-state index contributed by atoms with van der Waals surface area (Å²) in [5.41, 5.74) is 0.903. The third-order valence-electron chi connectivity index (χ3n) is 3.94. The van der Waals surface area contributed by atoms with Gasteiger partial charge in [-0.1, -0.05) is 58.7 Å². The summed E-state index contributed by atoms with van der Waals surface area (Å²) < 4.78 is 13.2. The van der Waals surface area contributed by atoms with Crippen LogP contribution in [0, 0.1) is 15.4 Å². The fourth-order valence-corrected chi connectivity index (χ4v) is 5.63. The van der Waals surface area contributed by atoms with Crippen LogP contribution in [0.15, 0.2) is 52.2 Å². The normalized spacial score (nSPS) is 19.4. The van der Waals surface area contributed by atoms with Crippen LogP contribution in [0.3, 0.4) is 0 Å². The lowest BCUT2D eigenvalue weighted by atomic mass is 10.0. The van der Waals surface area contributed by atoms with Gasteiger partial charge in [-0.25, -0.2) is 4.79 Å². The van der Waals surface area contributed by atoms with Crippen molar-refractivity contribution in [1.82, 2.24) is 0 Å². The minimum Gasteiger partial charge on any atom is -0.488 e. The molecule has 1 aromatic carbocycles. The highest BCUT2D eigenvalue weighted by Crippen LogP contribution is 2.34. The van der Waals surface area contributed by atoms with Crippen LogP contribution in [0.4, 0.5) is 0 Å². The van der Waals surface area contributed by atoms with Crippen molar-refractivity contribution in [2.45, 2.75) is 29.3 Å². The van der Waals surface area contributed by atoms with E-state index in [1.165, 1.54) is 3.58 Å². The molecule has 1 aliphatic carbocycles. The zero-order valence-electron chi connectivity index (χ0n) is 15.8. The highest BCUT2D eigenvalue weighted by atomic mass is 127. The fraction of sp³-hybridized carbons (Fsp3) is 0.318. The maximum absolute atomic E-state index is 11.2. The van der Waals surface area contributed by atoms with Crippen LogP contribution in [0.25, 0.3) is 0 Å². The number of carboxylic acids is 1. The van der Waals surface area contributed by atoms with Gasteiger partial charge < -0.3 is 14.6 Å². The standard InChI is InChI=1S/C22H21I3O4/c1-2-28-20(21(26)27)14-16-8-9-19(18(24)13-16)29-12-5-3-4-10-22(25)11-6-7-17(23)15-22/h3,5-9,11,13,20H,2,12,14-15H2,1H3,(H,26,27)/t20-,22?/m0/s1. The molecule has 4 nitrogen and oxygen atoms in total. The molecule has 0 aromatic heterocycles. The fourth-order valence-electron chi connectivity index (χ4n) is 2.58. The van der Waals surface area contributed by atoms with E-state index in [4.69, 9.17) is 9.47 Å². The summed E-state index contributed by atoms with van der Waals surface area (Å²) >= 11 is 6.92. The molecule has 154 valence electrons. The summed E-state index contributed by atoms with van der Waals surface area (Å²) in [5, 5.41) is 9.21. The van der Waals surface area contributed by atoms with Gasteiger partial charge in [0.2, 0.25) is 0 Å². The number of carboxylic acid groups (broad SMARTS) is 1. The molecule has 2 atom stereocenters. The van der Waals surface area contributed by atoms with Crippen LogP contribution < -0.4 is 4.74 Å². The van der Waals surface area contributed by atoms with Crippen molar-refractivity contribution in [3.8, 4) is 17.6 Å². The molecule has 0 saturated carbocycles. The van der Waals surface area contributed by atoms with E-state index in [0.717, 1.165) is 21.3 Å². The van der Waals surface area contributed by atoms with Crippen LogP contribution in [-0.2, 0) is 16.0 Å². The molecule has 2 rings (SSSR count). The van der Waals surface area contributed by atoms with Crippen molar-refractivity contribution in [2.24, 2.45) is 0 Å². The van der Waals surface area contributed by atoms with Crippen molar-refractivity contribution in [1.29, 1.82) is 0 Å². The Morgan fingerprint density at radius 3 is 2.86 bits per heavy atom. The number of alkyl halides is 1. The Morgan fingerprint density at radius 1 is 1.41 bits per heavy atom. The van der Waals surface area contributed by atoms with Gasteiger partial charge in [-0.3, -0.25) is 0 Å². The Balaban J connectivity index is 1.88. The molecule has 0 fully saturated rings. The number of allylic oxidation sites excluding steroid dienone is 5. The minimum atomic E-state index is -0.948. The smallest absolute Gasteiger partial charge is 0.333 e. The number of benzene rings is 1. The number of ether oxygens (including phenoxy) is 2. The Labute approximate surface area is 212 Å². The number of hydrogen-bond donors (Lipinski definition) is 1. The molecule has 1 unspecified atom stereocenters. The molecule has 0 saturated heterocycles. The van der Waals surface area contributed by atoms with Crippen molar-refractivity contribution in [3.05, 3.63) is 61.3 Å². The topological polar surface area (TPSA) is 55.8 Å². The van der Waals surface area contributed by atoms with Gasteiger partial charge in [0, 0.05) is 19.4 Å². The first kappa shape index (κ1) is 24.7. The van der Waals surface area contributed by atoms with Crippen molar-refractivity contribution in [2.75, 3.05) is 13.2 Å².